The van der Waals surface area contributed by atoms with Gasteiger partial charge < -0.3 is 0 Å². The Balaban J connectivity index is 1.86. The van der Waals surface area contributed by atoms with Crippen molar-refractivity contribution in [1.82, 2.24) is 19.3 Å². The number of aromatic nitrogens is 3. The van der Waals surface area contributed by atoms with Crippen LogP contribution in [0.15, 0.2) is 58.6 Å². The van der Waals surface area contributed by atoms with Crippen LogP contribution in [0, 0.1) is 11.3 Å². The quantitative estimate of drug-likeness (QED) is 0.525. The number of sulfone groups is 1. The molecule has 9 nitrogen and oxygen atoms in total. The summed E-state index contributed by atoms with van der Waals surface area (Å²) in [5.74, 6) is 0. The summed E-state index contributed by atoms with van der Waals surface area (Å²) < 4.78 is 90.3. The topological polar surface area (TPSA) is 135 Å². The van der Waals surface area contributed by atoms with E-state index in [-0.39, 0.29) is 32.9 Å². The van der Waals surface area contributed by atoms with E-state index in [0.29, 0.717) is 12.6 Å². The van der Waals surface area contributed by atoms with Gasteiger partial charge in [-0.2, -0.15) is 23.2 Å². The van der Waals surface area contributed by atoms with Gasteiger partial charge in [-0.25, -0.2) is 21.8 Å². The maximum Gasteiger partial charge on any atom is 0.404 e. The van der Waals surface area contributed by atoms with Crippen molar-refractivity contribution in [1.29, 1.82) is 5.26 Å². The molecule has 0 spiro atoms. The lowest BCUT2D eigenvalue weighted by atomic mass is 10.1. The highest BCUT2D eigenvalue weighted by Gasteiger charge is 2.39. The summed E-state index contributed by atoms with van der Waals surface area (Å²) in [7, 11) is -8.15. The molecular formula is C21H16F3N5O4S2. The molecule has 0 aromatic carbocycles. The number of hydrogen-bond acceptors (Lipinski definition) is 7. The van der Waals surface area contributed by atoms with Gasteiger partial charge in [-0.15, -0.1) is 0 Å². The molecule has 0 saturated heterocycles. The fourth-order valence-corrected chi connectivity index (χ4v) is 5.08. The summed E-state index contributed by atoms with van der Waals surface area (Å²) in [5.41, 5.74) is 1.29. The summed E-state index contributed by atoms with van der Waals surface area (Å²) >= 11 is 0. The number of sulfonamides is 1. The van der Waals surface area contributed by atoms with Gasteiger partial charge in [-0.3, -0.25) is 9.55 Å². The molecule has 1 aliphatic rings. The first-order chi connectivity index (χ1) is 16.2. The fraction of sp³-hybridized carbons (Fsp3) is 0.190. The molecule has 1 atom stereocenters. The van der Waals surface area contributed by atoms with E-state index < -0.39 is 37.0 Å². The van der Waals surface area contributed by atoms with E-state index in [0.717, 1.165) is 18.5 Å². The molecule has 182 valence electrons. The van der Waals surface area contributed by atoms with Gasteiger partial charge in [0, 0.05) is 29.7 Å². The number of pyridine rings is 2. The lowest BCUT2D eigenvalue weighted by Crippen LogP contribution is -2.42. The van der Waals surface area contributed by atoms with E-state index in [4.69, 9.17) is 0 Å². The van der Waals surface area contributed by atoms with Crippen LogP contribution in [0.2, 0.25) is 0 Å². The van der Waals surface area contributed by atoms with Crippen LogP contribution in [0.3, 0.4) is 0 Å². The third-order valence-electron chi connectivity index (χ3n) is 5.23. The summed E-state index contributed by atoms with van der Waals surface area (Å²) in [6.45, 7) is 0.675. The molecule has 0 unspecified atom stereocenters. The van der Waals surface area contributed by atoms with E-state index in [1.165, 1.54) is 18.3 Å². The minimum absolute atomic E-state index is 0.0473. The van der Waals surface area contributed by atoms with Crippen LogP contribution in [-0.2, 0) is 19.9 Å². The fourth-order valence-electron chi connectivity index (χ4n) is 3.33. The van der Waals surface area contributed by atoms with Crippen molar-refractivity contribution in [2.75, 3.05) is 6.26 Å². The molecule has 3 aromatic rings. The van der Waals surface area contributed by atoms with Crippen molar-refractivity contribution in [3.05, 3.63) is 54.4 Å². The third kappa shape index (κ3) is 4.45. The van der Waals surface area contributed by atoms with Gasteiger partial charge >= 0.3 is 6.18 Å². The second-order valence-electron chi connectivity index (χ2n) is 7.70. The Morgan fingerprint density at radius 2 is 1.77 bits per heavy atom. The molecule has 1 N–H and O–H groups in total. The number of rotatable bonds is 6. The molecule has 0 aliphatic heterocycles. The monoisotopic (exact) mass is 523 g/mol. The van der Waals surface area contributed by atoms with Gasteiger partial charge in [0.25, 0.3) is 0 Å². The zero-order valence-electron chi connectivity index (χ0n) is 18.1. The molecule has 0 saturated carbocycles. The summed E-state index contributed by atoms with van der Waals surface area (Å²) in [4.78, 5) is 7.73. The van der Waals surface area contributed by atoms with Crippen LogP contribution in [0.25, 0.3) is 28.1 Å². The predicted octanol–water partition coefficient (Wildman–Crippen LogP) is 3.01. The van der Waals surface area contributed by atoms with E-state index in [2.05, 4.69) is 9.97 Å². The maximum absolute atomic E-state index is 12.8. The number of nitrogens with zero attached hydrogens (tertiary/aromatic N) is 4. The van der Waals surface area contributed by atoms with E-state index in [1.54, 1.807) is 27.5 Å². The zero-order chi connectivity index (χ0) is 25.8. The normalized spacial score (nSPS) is 14.9. The third-order valence-corrected chi connectivity index (χ3v) is 7.83. The Bertz CT molecular complexity index is 1660. The second kappa shape index (κ2) is 8.29. The van der Waals surface area contributed by atoms with Gasteiger partial charge in [-0.1, -0.05) is 6.08 Å². The minimum atomic E-state index is -4.77. The first-order valence-electron chi connectivity index (χ1n) is 9.83. The van der Waals surface area contributed by atoms with Crippen molar-refractivity contribution in [3.8, 4) is 17.5 Å². The number of allylic oxidation sites excluding steroid dienone is 4. The number of halogens is 3. The van der Waals surface area contributed by atoms with Gasteiger partial charge in [-0.05, 0) is 37.3 Å². The Labute approximate surface area is 198 Å². The average Bonchev–Trinajstić information content (AvgIpc) is 3.04. The molecule has 3 aromatic heterocycles. The lowest BCUT2D eigenvalue weighted by molar-refractivity contribution is -0.147. The molecule has 0 amide bonds. The van der Waals surface area contributed by atoms with Gasteiger partial charge in [0.2, 0.25) is 10.0 Å². The molecule has 3 heterocycles. The molecule has 1 aliphatic carbocycles. The summed E-state index contributed by atoms with van der Waals surface area (Å²) in [6.07, 6.45) is 3.45. The maximum atomic E-state index is 12.8. The Hall–Kier alpha value is -3.54. The molecular weight excluding hydrogens is 507 g/mol. The van der Waals surface area contributed by atoms with E-state index >= 15 is 0 Å². The highest BCUT2D eigenvalue weighted by molar-refractivity contribution is 7.90. The van der Waals surface area contributed by atoms with Crippen molar-refractivity contribution in [3.63, 3.8) is 0 Å². The molecule has 0 fully saturated rings. The van der Waals surface area contributed by atoms with Gasteiger partial charge in [0.1, 0.15) is 22.7 Å². The van der Waals surface area contributed by atoms with E-state index in [1.807, 2.05) is 6.07 Å². The largest absolute Gasteiger partial charge is 0.404 e. The van der Waals surface area contributed by atoms with Crippen molar-refractivity contribution < 1.29 is 30.0 Å². The van der Waals surface area contributed by atoms with Gasteiger partial charge in [0.15, 0.2) is 9.84 Å². The van der Waals surface area contributed by atoms with Crippen LogP contribution in [0.4, 0.5) is 13.2 Å². The average molecular weight is 524 g/mol. The van der Waals surface area contributed by atoms with E-state index in [9.17, 15) is 35.3 Å². The van der Waals surface area contributed by atoms with Crippen molar-refractivity contribution in [2.45, 2.75) is 28.9 Å². The highest BCUT2D eigenvalue weighted by Crippen LogP contribution is 2.37. The first kappa shape index (κ1) is 24.6. The number of hydrogen-bond donors (Lipinski definition) is 1. The second-order valence-corrected chi connectivity index (χ2v) is 11.4. The Morgan fingerprint density at radius 3 is 2.26 bits per heavy atom. The molecule has 35 heavy (non-hydrogen) atoms. The highest BCUT2D eigenvalue weighted by atomic mass is 32.2. The predicted molar refractivity (Wildman–Crippen MR) is 120 cm³/mol. The van der Waals surface area contributed by atoms with Crippen molar-refractivity contribution >= 4 is 36.6 Å². The minimum Gasteiger partial charge on any atom is -0.291 e. The van der Waals surface area contributed by atoms with Crippen LogP contribution < -0.4 is 4.72 Å². The molecule has 14 heteroatoms. The van der Waals surface area contributed by atoms with Crippen LogP contribution >= 0.6 is 0 Å². The Kier molecular flexibility index (Phi) is 5.82. The van der Waals surface area contributed by atoms with Gasteiger partial charge in [0.05, 0.1) is 21.8 Å². The molecule has 0 radical (unpaired) electrons. The number of fused-ring (bicyclic) bond motifs is 1. The Morgan fingerprint density at radius 1 is 1.11 bits per heavy atom. The zero-order valence-corrected chi connectivity index (χ0v) is 19.7. The number of alkyl halides is 3. The summed E-state index contributed by atoms with van der Waals surface area (Å²) in [5, 5.41) is 10.1. The SMILES string of the molecule is C[C@H](NS(=O)(=O)c1ccc(-c2c(C#N)c3cc(S(C)(=O)=O)cnc3n2C2=CC=C2)nc1)C(F)(F)F. The van der Waals surface area contributed by atoms with Crippen LogP contribution in [0.1, 0.15) is 12.5 Å². The van der Waals surface area contributed by atoms with Crippen LogP contribution in [-0.4, -0.2) is 49.8 Å². The van der Waals surface area contributed by atoms with Crippen LogP contribution in [0.5, 0.6) is 0 Å². The lowest BCUT2D eigenvalue weighted by Gasteiger charge is -2.17. The number of nitriles is 1. The smallest absolute Gasteiger partial charge is 0.291 e. The number of nitrogens with one attached hydrogen (secondary N) is 1. The molecule has 4 rings (SSSR count). The summed E-state index contributed by atoms with van der Waals surface area (Å²) in [6, 6.07) is 3.35. The molecule has 0 bridgehead atoms. The first-order valence-corrected chi connectivity index (χ1v) is 13.2. The standard InChI is InChI=1S/C21H16F3N5O4S2/c1-12(21(22,23)24)28-35(32,33)14-6-7-18(26-10-14)19-17(9-25)16-8-15(34(2,30)31)11-27-20(16)29(19)13-4-3-5-13/h3-8,10-12,28H,1-2H3/t12-/m0/s1. The van der Waals surface area contributed by atoms with Crippen molar-refractivity contribution in [2.24, 2.45) is 0 Å².